The van der Waals surface area contributed by atoms with Crippen LogP contribution in [-0.4, -0.2) is 28.8 Å². The molecule has 0 bridgehead atoms. The molecule has 0 saturated carbocycles. The highest BCUT2D eigenvalue weighted by atomic mass is 16.3. The molecule has 0 amide bonds. The van der Waals surface area contributed by atoms with E-state index in [4.69, 9.17) is 5.11 Å². The Morgan fingerprint density at radius 1 is 1.25 bits per heavy atom. The van der Waals surface area contributed by atoms with E-state index in [2.05, 4.69) is 0 Å². The number of ketones is 2. The number of aliphatic hydroxyl groups excluding tert-OH is 1. The molecule has 0 saturated heterocycles. The van der Waals surface area contributed by atoms with Crippen LogP contribution in [-0.2, 0) is 9.59 Å². The predicted octanol–water partition coefficient (Wildman–Crippen LogP) is -0.822. The van der Waals surface area contributed by atoms with Gasteiger partial charge in [0.05, 0.1) is 0 Å². The molecule has 0 radical (unpaired) electrons. The summed E-state index contributed by atoms with van der Waals surface area (Å²) < 4.78 is 0. The SMILES string of the molecule is O.O=C1C=CC(=O)C(CCO)=C1. The molecular weight excluding hydrogens is 160 g/mol. The summed E-state index contributed by atoms with van der Waals surface area (Å²) in [4.78, 5) is 21.6. The predicted molar refractivity (Wildman–Crippen MR) is 42.6 cm³/mol. The first kappa shape index (κ1) is 10.7. The van der Waals surface area contributed by atoms with Crippen LogP contribution in [0.25, 0.3) is 0 Å². The number of carbonyl (C=O) groups excluding carboxylic acids is 2. The molecule has 12 heavy (non-hydrogen) atoms. The lowest BCUT2D eigenvalue weighted by Crippen LogP contribution is -2.08. The fourth-order valence-electron chi connectivity index (χ4n) is 0.872. The van der Waals surface area contributed by atoms with E-state index in [1.807, 2.05) is 0 Å². The highest BCUT2D eigenvalue weighted by molar-refractivity contribution is 6.17. The van der Waals surface area contributed by atoms with Crippen LogP contribution in [0.15, 0.2) is 23.8 Å². The number of allylic oxidation sites excluding steroid dienone is 3. The second-order valence-electron chi connectivity index (χ2n) is 2.24. The first-order chi connectivity index (χ1) is 5.24. The lowest BCUT2D eigenvalue weighted by atomic mass is 10.0. The van der Waals surface area contributed by atoms with E-state index in [1.165, 1.54) is 18.2 Å². The first-order valence-corrected chi connectivity index (χ1v) is 3.32. The van der Waals surface area contributed by atoms with E-state index in [9.17, 15) is 9.59 Å². The summed E-state index contributed by atoms with van der Waals surface area (Å²) >= 11 is 0. The second kappa shape index (κ2) is 4.58. The maximum Gasteiger partial charge on any atom is 0.182 e. The summed E-state index contributed by atoms with van der Waals surface area (Å²) in [5.41, 5.74) is 0.389. The average molecular weight is 170 g/mol. The Kier molecular flexibility index (Phi) is 4.10. The zero-order valence-electron chi connectivity index (χ0n) is 6.41. The van der Waals surface area contributed by atoms with Crippen molar-refractivity contribution < 1.29 is 20.2 Å². The Bertz CT molecular complexity index is 250. The molecule has 0 aromatic heterocycles. The van der Waals surface area contributed by atoms with E-state index in [1.54, 1.807) is 0 Å². The summed E-state index contributed by atoms with van der Waals surface area (Å²) in [5.74, 6) is -0.369. The van der Waals surface area contributed by atoms with Crippen LogP contribution in [0.3, 0.4) is 0 Å². The molecule has 0 atom stereocenters. The minimum Gasteiger partial charge on any atom is -0.412 e. The van der Waals surface area contributed by atoms with Crippen LogP contribution >= 0.6 is 0 Å². The van der Waals surface area contributed by atoms with E-state index in [-0.39, 0.29) is 30.1 Å². The van der Waals surface area contributed by atoms with Crippen molar-refractivity contribution in [3.8, 4) is 0 Å². The van der Waals surface area contributed by atoms with Gasteiger partial charge in [-0.1, -0.05) is 0 Å². The third-order valence-electron chi connectivity index (χ3n) is 1.41. The molecule has 66 valence electrons. The van der Waals surface area contributed by atoms with Crippen LogP contribution < -0.4 is 0 Å². The molecule has 0 aromatic carbocycles. The minimum absolute atomic E-state index is 0. The fourth-order valence-corrected chi connectivity index (χ4v) is 0.872. The smallest absolute Gasteiger partial charge is 0.182 e. The first-order valence-electron chi connectivity index (χ1n) is 3.32. The fraction of sp³-hybridized carbons (Fsp3) is 0.250. The molecule has 0 spiro atoms. The molecule has 0 fully saturated rings. The van der Waals surface area contributed by atoms with Gasteiger partial charge in [-0.25, -0.2) is 0 Å². The van der Waals surface area contributed by atoms with Gasteiger partial charge in [-0.05, 0) is 24.6 Å². The third kappa shape index (κ3) is 2.41. The van der Waals surface area contributed by atoms with E-state index >= 15 is 0 Å². The van der Waals surface area contributed by atoms with Gasteiger partial charge in [-0.2, -0.15) is 0 Å². The van der Waals surface area contributed by atoms with Crippen molar-refractivity contribution in [3.05, 3.63) is 23.8 Å². The van der Waals surface area contributed by atoms with E-state index in [0.29, 0.717) is 5.57 Å². The van der Waals surface area contributed by atoms with Crippen molar-refractivity contribution in [1.82, 2.24) is 0 Å². The van der Waals surface area contributed by atoms with Gasteiger partial charge in [-0.15, -0.1) is 0 Å². The number of carbonyl (C=O) groups is 2. The van der Waals surface area contributed by atoms with Crippen molar-refractivity contribution in [2.24, 2.45) is 0 Å². The highest BCUT2D eigenvalue weighted by Crippen LogP contribution is 2.08. The molecule has 1 rings (SSSR count). The standard InChI is InChI=1S/C8H8O3.H2O/c9-4-3-6-5-7(10)1-2-8(6)11;/h1-2,5,9H,3-4H2;1H2. The topological polar surface area (TPSA) is 85.9 Å². The number of aliphatic hydroxyl groups is 1. The Labute approximate surface area is 69.5 Å². The molecule has 4 nitrogen and oxygen atoms in total. The zero-order chi connectivity index (χ0) is 8.27. The van der Waals surface area contributed by atoms with Crippen LogP contribution in [0, 0.1) is 0 Å². The van der Waals surface area contributed by atoms with Gasteiger partial charge in [0, 0.05) is 12.2 Å². The van der Waals surface area contributed by atoms with Crippen LogP contribution in [0.1, 0.15) is 6.42 Å². The van der Waals surface area contributed by atoms with E-state index in [0.717, 1.165) is 0 Å². The molecule has 1 aliphatic carbocycles. The summed E-state index contributed by atoms with van der Waals surface area (Å²) in [6.45, 7) is -0.0985. The molecule has 4 heteroatoms. The summed E-state index contributed by atoms with van der Waals surface area (Å²) in [7, 11) is 0. The zero-order valence-corrected chi connectivity index (χ0v) is 6.41. The van der Waals surface area contributed by atoms with Gasteiger partial charge < -0.3 is 10.6 Å². The van der Waals surface area contributed by atoms with Crippen molar-refractivity contribution in [1.29, 1.82) is 0 Å². The Hall–Kier alpha value is -1.26. The van der Waals surface area contributed by atoms with Crippen LogP contribution in [0.4, 0.5) is 0 Å². The maximum absolute atomic E-state index is 10.9. The summed E-state index contributed by atoms with van der Waals surface area (Å²) in [6.07, 6.45) is 3.98. The summed E-state index contributed by atoms with van der Waals surface area (Å²) in [5, 5.41) is 8.49. The number of hydrogen-bond donors (Lipinski definition) is 1. The van der Waals surface area contributed by atoms with Crippen LogP contribution in [0.5, 0.6) is 0 Å². The van der Waals surface area contributed by atoms with Crippen molar-refractivity contribution in [2.75, 3.05) is 6.61 Å². The molecule has 0 aromatic rings. The normalized spacial score (nSPS) is 15.6. The quantitative estimate of drug-likeness (QED) is 0.549. The molecule has 0 aliphatic heterocycles. The molecule has 0 unspecified atom stereocenters. The molecule has 3 N–H and O–H groups in total. The lowest BCUT2D eigenvalue weighted by Gasteiger charge is -2.02. The maximum atomic E-state index is 10.9. The van der Waals surface area contributed by atoms with Gasteiger partial charge >= 0.3 is 0 Å². The molecule has 0 heterocycles. The largest absolute Gasteiger partial charge is 0.412 e. The Morgan fingerprint density at radius 3 is 2.50 bits per heavy atom. The van der Waals surface area contributed by atoms with Gasteiger partial charge in [0.1, 0.15) is 0 Å². The minimum atomic E-state index is -0.187. The third-order valence-corrected chi connectivity index (χ3v) is 1.41. The van der Waals surface area contributed by atoms with Gasteiger partial charge in [0.25, 0.3) is 0 Å². The van der Waals surface area contributed by atoms with Crippen molar-refractivity contribution in [3.63, 3.8) is 0 Å². The number of hydrogen-bond acceptors (Lipinski definition) is 3. The molecule has 1 aliphatic rings. The second-order valence-corrected chi connectivity index (χ2v) is 2.24. The average Bonchev–Trinajstić information content (AvgIpc) is 1.98. The lowest BCUT2D eigenvalue weighted by molar-refractivity contribution is -0.114. The van der Waals surface area contributed by atoms with Crippen LogP contribution in [0.2, 0.25) is 0 Å². The number of rotatable bonds is 2. The van der Waals surface area contributed by atoms with Gasteiger partial charge in [-0.3, -0.25) is 9.59 Å². The summed E-state index contributed by atoms with van der Waals surface area (Å²) in [6, 6.07) is 0. The van der Waals surface area contributed by atoms with Crippen molar-refractivity contribution in [2.45, 2.75) is 6.42 Å². The Morgan fingerprint density at radius 2 is 1.92 bits per heavy atom. The Balaban J connectivity index is 0.00000121. The van der Waals surface area contributed by atoms with Crippen molar-refractivity contribution >= 4 is 11.6 Å². The van der Waals surface area contributed by atoms with E-state index < -0.39 is 0 Å². The molecular formula is C8H10O4. The highest BCUT2D eigenvalue weighted by Gasteiger charge is 2.11. The van der Waals surface area contributed by atoms with Gasteiger partial charge in [0.2, 0.25) is 0 Å². The van der Waals surface area contributed by atoms with Gasteiger partial charge in [0.15, 0.2) is 11.6 Å². The monoisotopic (exact) mass is 170 g/mol.